The third-order valence-corrected chi connectivity index (χ3v) is 5.58. The summed E-state index contributed by atoms with van der Waals surface area (Å²) >= 11 is 0. The molecule has 0 atom stereocenters. The molecule has 4 rings (SSSR count). The van der Waals surface area contributed by atoms with Crippen LogP contribution in [0.5, 0.6) is 5.75 Å². The van der Waals surface area contributed by atoms with Gasteiger partial charge in [-0.25, -0.2) is 5.43 Å². The normalized spacial score (nSPS) is 13.9. The van der Waals surface area contributed by atoms with E-state index in [1.807, 2.05) is 49.4 Å². The number of nitrogens with one attached hydrogen (secondary N) is 2. The monoisotopic (exact) mass is 445 g/mol. The second-order valence-electron chi connectivity index (χ2n) is 7.91. The van der Waals surface area contributed by atoms with Gasteiger partial charge >= 0.3 is 0 Å². The summed E-state index contributed by atoms with van der Waals surface area (Å²) in [6.07, 6.45) is 3.18. The molecule has 0 saturated heterocycles. The molecule has 170 valence electrons. The van der Waals surface area contributed by atoms with Crippen molar-refractivity contribution < 1.29 is 18.7 Å². The number of amides is 2. The number of ether oxygens (including phenoxy) is 1. The standard InChI is InChI=1S/C26H27N3O4/c1-3-18-12-14-19(15-13-18)27-26(31)25-17(2)24-21(10-7-11-22(24)33-25)28-29-23(30)16-32-20-8-5-4-6-9-20/h4-6,8-9,12-15H,3,7,10-11,16H2,1-2H3,(H,27,31)(H,29,30)/b28-21+. The number of nitrogens with zero attached hydrogens (tertiary/aromatic N) is 1. The molecule has 3 aromatic rings. The number of benzene rings is 2. The molecule has 0 fully saturated rings. The molecule has 1 heterocycles. The molecule has 1 aromatic heterocycles. The van der Waals surface area contributed by atoms with E-state index in [0.717, 1.165) is 36.1 Å². The molecule has 2 amide bonds. The molecule has 33 heavy (non-hydrogen) atoms. The van der Waals surface area contributed by atoms with Gasteiger partial charge in [0.2, 0.25) is 0 Å². The van der Waals surface area contributed by atoms with E-state index in [1.165, 1.54) is 5.56 Å². The van der Waals surface area contributed by atoms with Crippen molar-refractivity contribution in [1.82, 2.24) is 5.43 Å². The molecule has 0 spiro atoms. The molecule has 0 radical (unpaired) electrons. The first-order valence-electron chi connectivity index (χ1n) is 11.1. The molecule has 2 N–H and O–H groups in total. The van der Waals surface area contributed by atoms with Crippen LogP contribution in [-0.4, -0.2) is 24.1 Å². The Bertz CT molecular complexity index is 1160. The van der Waals surface area contributed by atoms with E-state index in [9.17, 15) is 9.59 Å². The maximum atomic E-state index is 12.9. The fraction of sp³-hybridized carbons (Fsp3) is 0.269. The van der Waals surface area contributed by atoms with Crippen LogP contribution >= 0.6 is 0 Å². The molecule has 1 aliphatic carbocycles. The van der Waals surface area contributed by atoms with Crippen LogP contribution in [0.1, 0.15) is 52.8 Å². The van der Waals surface area contributed by atoms with Gasteiger partial charge in [-0.15, -0.1) is 0 Å². The lowest BCUT2D eigenvalue weighted by molar-refractivity contribution is -0.123. The zero-order valence-corrected chi connectivity index (χ0v) is 18.8. The SMILES string of the molecule is CCc1ccc(NC(=O)c2oc3c(c2C)/C(=N/NC(=O)COc2ccccc2)CCC3)cc1. The number of hydrogen-bond acceptors (Lipinski definition) is 5. The van der Waals surface area contributed by atoms with Gasteiger partial charge in [-0.3, -0.25) is 9.59 Å². The van der Waals surface area contributed by atoms with Gasteiger partial charge < -0.3 is 14.5 Å². The van der Waals surface area contributed by atoms with Crippen molar-refractivity contribution in [2.45, 2.75) is 39.5 Å². The van der Waals surface area contributed by atoms with Gasteiger partial charge in [0.1, 0.15) is 11.5 Å². The largest absolute Gasteiger partial charge is 0.484 e. The van der Waals surface area contributed by atoms with Crippen LogP contribution in [-0.2, 0) is 17.6 Å². The van der Waals surface area contributed by atoms with Gasteiger partial charge in [0, 0.05) is 23.2 Å². The number of carbonyl (C=O) groups excluding carboxylic acids is 2. The average Bonchev–Trinajstić information content (AvgIpc) is 3.19. The topological polar surface area (TPSA) is 92.9 Å². The van der Waals surface area contributed by atoms with Crippen molar-refractivity contribution in [1.29, 1.82) is 0 Å². The first kappa shape index (κ1) is 22.3. The van der Waals surface area contributed by atoms with Gasteiger partial charge in [-0.1, -0.05) is 37.3 Å². The Hall–Kier alpha value is -3.87. The predicted octanol–water partition coefficient (Wildman–Crippen LogP) is 4.64. The molecule has 0 saturated carbocycles. The summed E-state index contributed by atoms with van der Waals surface area (Å²) in [5.41, 5.74) is 6.71. The Balaban J connectivity index is 1.45. The highest BCUT2D eigenvalue weighted by molar-refractivity contribution is 6.09. The number of carbonyl (C=O) groups is 2. The number of anilines is 1. The minimum absolute atomic E-state index is 0.136. The van der Waals surface area contributed by atoms with Crippen molar-refractivity contribution in [2.24, 2.45) is 5.10 Å². The second kappa shape index (κ2) is 10.2. The van der Waals surface area contributed by atoms with E-state index < -0.39 is 0 Å². The van der Waals surface area contributed by atoms with Gasteiger partial charge in [0.15, 0.2) is 12.4 Å². The van der Waals surface area contributed by atoms with Crippen LogP contribution in [0.3, 0.4) is 0 Å². The summed E-state index contributed by atoms with van der Waals surface area (Å²) in [7, 11) is 0. The van der Waals surface area contributed by atoms with Gasteiger partial charge in [-0.05, 0) is 56.0 Å². The number of furan rings is 1. The Morgan fingerprint density at radius 3 is 2.55 bits per heavy atom. The molecule has 0 bridgehead atoms. The lowest BCUT2D eigenvalue weighted by Gasteiger charge is -2.13. The zero-order valence-electron chi connectivity index (χ0n) is 18.8. The summed E-state index contributed by atoms with van der Waals surface area (Å²) in [5.74, 6) is 0.955. The second-order valence-corrected chi connectivity index (χ2v) is 7.91. The van der Waals surface area contributed by atoms with E-state index in [-0.39, 0.29) is 24.2 Å². The highest BCUT2D eigenvalue weighted by Crippen LogP contribution is 2.30. The fourth-order valence-electron chi connectivity index (χ4n) is 3.84. The van der Waals surface area contributed by atoms with Crippen molar-refractivity contribution in [2.75, 3.05) is 11.9 Å². The minimum Gasteiger partial charge on any atom is -0.484 e. The third kappa shape index (κ3) is 5.31. The molecule has 0 aliphatic heterocycles. The van der Waals surface area contributed by atoms with Crippen LogP contribution < -0.4 is 15.5 Å². The lowest BCUT2D eigenvalue weighted by atomic mass is 9.93. The van der Waals surface area contributed by atoms with E-state index >= 15 is 0 Å². The van der Waals surface area contributed by atoms with Crippen LogP contribution in [0, 0.1) is 6.92 Å². The van der Waals surface area contributed by atoms with Crippen molar-refractivity contribution in [3.8, 4) is 5.75 Å². The van der Waals surface area contributed by atoms with Gasteiger partial charge in [0.25, 0.3) is 11.8 Å². The third-order valence-electron chi connectivity index (χ3n) is 5.58. The number of hydrogen-bond donors (Lipinski definition) is 2. The number of hydrazone groups is 1. The quantitative estimate of drug-likeness (QED) is 0.518. The Morgan fingerprint density at radius 2 is 1.82 bits per heavy atom. The summed E-state index contributed by atoms with van der Waals surface area (Å²) < 4.78 is 11.4. The minimum atomic E-state index is -0.354. The Labute approximate surface area is 192 Å². The number of aryl methyl sites for hydroxylation is 2. The number of para-hydroxylation sites is 1. The summed E-state index contributed by atoms with van der Waals surface area (Å²) in [5, 5.41) is 7.22. The highest BCUT2D eigenvalue weighted by Gasteiger charge is 2.28. The highest BCUT2D eigenvalue weighted by atomic mass is 16.5. The molecule has 1 aliphatic rings. The van der Waals surface area contributed by atoms with Crippen molar-refractivity contribution >= 4 is 23.2 Å². The Kier molecular flexibility index (Phi) is 6.88. The van der Waals surface area contributed by atoms with E-state index in [2.05, 4.69) is 22.8 Å². The molecule has 0 unspecified atom stereocenters. The first-order chi connectivity index (χ1) is 16.0. The smallest absolute Gasteiger partial charge is 0.291 e. The van der Waals surface area contributed by atoms with Gasteiger partial charge in [0.05, 0.1) is 5.71 Å². The first-order valence-corrected chi connectivity index (χ1v) is 11.1. The van der Waals surface area contributed by atoms with Crippen molar-refractivity contribution in [3.05, 3.63) is 82.8 Å². The number of rotatable bonds is 7. The number of fused-ring (bicyclic) bond motifs is 1. The maximum absolute atomic E-state index is 12.9. The molecular weight excluding hydrogens is 418 g/mol. The molecular formula is C26H27N3O4. The van der Waals surface area contributed by atoms with Crippen molar-refractivity contribution in [3.63, 3.8) is 0 Å². The van der Waals surface area contributed by atoms with Crippen LogP contribution in [0.25, 0.3) is 0 Å². The zero-order chi connectivity index (χ0) is 23.2. The predicted molar refractivity (Wildman–Crippen MR) is 127 cm³/mol. The molecule has 7 heteroatoms. The van der Waals surface area contributed by atoms with Crippen LogP contribution in [0.2, 0.25) is 0 Å². The van der Waals surface area contributed by atoms with E-state index in [0.29, 0.717) is 23.6 Å². The fourth-order valence-corrected chi connectivity index (χ4v) is 3.84. The summed E-state index contributed by atoms with van der Waals surface area (Å²) in [6.45, 7) is 3.79. The molecule has 7 nitrogen and oxygen atoms in total. The maximum Gasteiger partial charge on any atom is 0.291 e. The van der Waals surface area contributed by atoms with Crippen LogP contribution in [0.15, 0.2) is 64.1 Å². The summed E-state index contributed by atoms with van der Waals surface area (Å²) in [4.78, 5) is 25.1. The lowest BCUT2D eigenvalue weighted by Crippen LogP contribution is -2.27. The molecule has 2 aromatic carbocycles. The van der Waals surface area contributed by atoms with E-state index in [1.54, 1.807) is 12.1 Å². The Morgan fingerprint density at radius 1 is 1.06 bits per heavy atom. The van der Waals surface area contributed by atoms with E-state index in [4.69, 9.17) is 9.15 Å². The van der Waals surface area contributed by atoms with Gasteiger partial charge in [-0.2, -0.15) is 5.10 Å². The summed E-state index contributed by atoms with van der Waals surface area (Å²) in [6, 6.07) is 16.9. The average molecular weight is 446 g/mol. The van der Waals surface area contributed by atoms with Crippen LogP contribution in [0.4, 0.5) is 5.69 Å².